The molecule has 2 aromatic carbocycles. The van der Waals surface area contributed by atoms with Crippen molar-refractivity contribution in [3.63, 3.8) is 0 Å². The van der Waals surface area contributed by atoms with Crippen molar-refractivity contribution in [2.24, 2.45) is 10.7 Å². The topological polar surface area (TPSA) is 47.6 Å². The summed E-state index contributed by atoms with van der Waals surface area (Å²) in [5, 5.41) is 0. The summed E-state index contributed by atoms with van der Waals surface area (Å²) in [6, 6.07) is 12.7. The third-order valence-electron chi connectivity index (χ3n) is 4.76. The number of thioether (sulfide) groups is 1. The van der Waals surface area contributed by atoms with E-state index >= 15 is 0 Å². The monoisotopic (exact) mass is 372 g/mol. The fourth-order valence-electron chi connectivity index (χ4n) is 2.91. The molecule has 5 heteroatoms. The molecule has 2 aromatic rings. The van der Waals surface area contributed by atoms with Crippen LogP contribution in [-0.4, -0.2) is 16.3 Å². The minimum Gasteiger partial charge on any atom is -0.457 e. The van der Waals surface area contributed by atoms with Crippen LogP contribution in [0.2, 0.25) is 0 Å². The molecule has 0 amide bonds. The summed E-state index contributed by atoms with van der Waals surface area (Å²) < 4.78 is 20.3. The van der Waals surface area contributed by atoms with Crippen LogP contribution in [-0.2, 0) is 12.0 Å². The molecule has 26 heavy (non-hydrogen) atoms. The molecule has 1 aliphatic heterocycles. The third-order valence-corrected chi connectivity index (χ3v) is 6.40. The van der Waals surface area contributed by atoms with Crippen molar-refractivity contribution < 1.29 is 9.13 Å². The number of ether oxygens (including phenoxy) is 1. The van der Waals surface area contributed by atoms with Crippen LogP contribution in [0.3, 0.4) is 0 Å². The van der Waals surface area contributed by atoms with Gasteiger partial charge < -0.3 is 10.5 Å². The average molecular weight is 373 g/mol. The second-order valence-corrected chi connectivity index (χ2v) is 8.91. The maximum absolute atomic E-state index is 14.6. The molecule has 1 aliphatic rings. The molecule has 0 fully saturated rings. The summed E-state index contributed by atoms with van der Waals surface area (Å²) in [5.74, 6) is 2.25. The summed E-state index contributed by atoms with van der Waals surface area (Å²) >= 11 is 1.69. The van der Waals surface area contributed by atoms with E-state index in [0.29, 0.717) is 22.9 Å². The lowest BCUT2D eigenvalue weighted by molar-refractivity contribution is 0.465. The lowest BCUT2D eigenvalue weighted by Crippen LogP contribution is -2.44. The first-order chi connectivity index (χ1) is 12.2. The van der Waals surface area contributed by atoms with Gasteiger partial charge in [-0.05, 0) is 63.1 Å². The van der Waals surface area contributed by atoms with Crippen LogP contribution < -0.4 is 10.5 Å². The molecule has 0 aliphatic carbocycles. The largest absolute Gasteiger partial charge is 0.457 e. The number of aliphatic imine (C=N–C) groups is 1. The number of hydrogen-bond acceptors (Lipinski definition) is 4. The van der Waals surface area contributed by atoms with E-state index in [-0.39, 0.29) is 10.6 Å². The zero-order chi connectivity index (χ0) is 18.9. The summed E-state index contributed by atoms with van der Waals surface area (Å²) in [5.41, 5.74) is 7.14. The Morgan fingerprint density at radius 3 is 2.58 bits per heavy atom. The second kappa shape index (κ2) is 6.95. The Morgan fingerprint density at radius 2 is 1.88 bits per heavy atom. The normalized spacial score (nSPS) is 22.0. The van der Waals surface area contributed by atoms with Gasteiger partial charge in [-0.15, -0.1) is 11.8 Å². The number of nitrogens with zero attached hydrogens (tertiary/aromatic N) is 1. The Labute approximate surface area is 158 Å². The maximum Gasteiger partial charge on any atom is 0.129 e. The lowest BCUT2D eigenvalue weighted by atomic mass is 9.93. The SMILES string of the molecule is CCc1cccc(Oc2ccc(F)c([C@]3(C)CSC(C)(C)C(N)=N3)c2)c1. The molecular weight excluding hydrogens is 347 g/mol. The molecule has 0 saturated carbocycles. The predicted molar refractivity (Wildman–Crippen MR) is 108 cm³/mol. The van der Waals surface area contributed by atoms with Crippen LogP contribution in [0.1, 0.15) is 38.8 Å². The van der Waals surface area contributed by atoms with Gasteiger partial charge in [-0.25, -0.2) is 4.39 Å². The van der Waals surface area contributed by atoms with Crippen LogP contribution in [0, 0.1) is 5.82 Å². The molecule has 0 bridgehead atoms. The van der Waals surface area contributed by atoms with E-state index in [1.165, 1.54) is 11.6 Å². The van der Waals surface area contributed by atoms with Gasteiger partial charge in [0.05, 0.1) is 10.3 Å². The fourth-order valence-corrected chi connectivity index (χ4v) is 3.97. The Balaban J connectivity index is 1.94. The summed E-state index contributed by atoms with van der Waals surface area (Å²) in [7, 11) is 0. The van der Waals surface area contributed by atoms with Gasteiger partial charge in [0.15, 0.2) is 0 Å². The van der Waals surface area contributed by atoms with Crippen LogP contribution in [0.25, 0.3) is 0 Å². The van der Waals surface area contributed by atoms with Crippen molar-refractivity contribution in [1.82, 2.24) is 0 Å². The number of benzene rings is 2. The predicted octanol–water partition coefficient (Wildman–Crippen LogP) is 5.28. The number of amidine groups is 1. The van der Waals surface area contributed by atoms with Gasteiger partial charge in [0.1, 0.15) is 23.2 Å². The number of rotatable bonds is 4. The van der Waals surface area contributed by atoms with Crippen molar-refractivity contribution in [3.8, 4) is 11.5 Å². The third kappa shape index (κ3) is 3.73. The first-order valence-electron chi connectivity index (χ1n) is 8.80. The van der Waals surface area contributed by atoms with Crippen molar-refractivity contribution in [2.75, 3.05) is 5.75 Å². The second-order valence-electron chi connectivity index (χ2n) is 7.31. The Kier molecular flexibility index (Phi) is 5.02. The molecule has 0 unspecified atom stereocenters. The van der Waals surface area contributed by atoms with Crippen LogP contribution in [0.4, 0.5) is 4.39 Å². The van der Waals surface area contributed by atoms with E-state index in [4.69, 9.17) is 10.5 Å². The zero-order valence-corrected chi connectivity index (χ0v) is 16.5. The van der Waals surface area contributed by atoms with Crippen molar-refractivity contribution >= 4 is 17.6 Å². The van der Waals surface area contributed by atoms with Gasteiger partial charge in [-0.3, -0.25) is 4.99 Å². The summed E-state index contributed by atoms with van der Waals surface area (Å²) in [6.45, 7) is 8.09. The van der Waals surface area contributed by atoms with Gasteiger partial charge >= 0.3 is 0 Å². The van der Waals surface area contributed by atoms with E-state index in [0.717, 1.165) is 12.2 Å². The maximum atomic E-state index is 14.6. The summed E-state index contributed by atoms with van der Waals surface area (Å²) in [6.07, 6.45) is 0.935. The fraction of sp³-hybridized carbons (Fsp3) is 0.381. The Bertz CT molecular complexity index is 850. The molecular formula is C21H25FN2OS. The molecule has 2 N–H and O–H groups in total. The average Bonchev–Trinajstić information content (AvgIpc) is 2.61. The van der Waals surface area contributed by atoms with Crippen LogP contribution in [0.5, 0.6) is 11.5 Å². The quantitative estimate of drug-likeness (QED) is 0.794. The highest BCUT2D eigenvalue weighted by molar-refractivity contribution is 8.01. The first-order valence-corrected chi connectivity index (χ1v) is 9.79. The molecule has 0 radical (unpaired) electrons. The van der Waals surface area contributed by atoms with Crippen molar-refractivity contribution in [3.05, 3.63) is 59.4 Å². The highest BCUT2D eigenvalue weighted by atomic mass is 32.2. The highest BCUT2D eigenvalue weighted by Crippen LogP contribution is 2.42. The molecule has 0 saturated heterocycles. The van der Waals surface area contributed by atoms with Crippen molar-refractivity contribution in [1.29, 1.82) is 0 Å². The van der Waals surface area contributed by atoms with E-state index in [1.54, 1.807) is 23.9 Å². The number of aryl methyl sites for hydroxylation is 1. The molecule has 3 nitrogen and oxygen atoms in total. The highest BCUT2D eigenvalue weighted by Gasteiger charge is 2.39. The van der Waals surface area contributed by atoms with Crippen LogP contribution >= 0.6 is 11.8 Å². The van der Waals surface area contributed by atoms with E-state index in [9.17, 15) is 4.39 Å². The Hall–Kier alpha value is -2.01. The molecule has 1 atom stereocenters. The lowest BCUT2D eigenvalue weighted by Gasteiger charge is -2.37. The number of nitrogens with two attached hydrogens (primary N) is 1. The smallest absolute Gasteiger partial charge is 0.129 e. The first kappa shape index (κ1) is 18.8. The standard InChI is InChI=1S/C21H25FN2OS/c1-5-14-7-6-8-15(11-14)25-16-9-10-18(22)17(12-16)21(4)13-26-20(2,3)19(23)24-21/h6-12H,5,13H2,1-4H3,(H2,23,24)/t21-/m0/s1. The van der Waals surface area contributed by atoms with Gasteiger partial charge in [-0.2, -0.15) is 0 Å². The molecule has 0 aromatic heterocycles. The van der Waals surface area contributed by atoms with Gasteiger partial charge in [0, 0.05) is 11.3 Å². The van der Waals surface area contributed by atoms with Gasteiger partial charge in [0.2, 0.25) is 0 Å². The minimum absolute atomic E-state index is 0.231. The zero-order valence-electron chi connectivity index (χ0n) is 15.7. The van der Waals surface area contributed by atoms with Gasteiger partial charge in [-0.1, -0.05) is 19.1 Å². The number of halogens is 1. The van der Waals surface area contributed by atoms with Gasteiger partial charge in [0.25, 0.3) is 0 Å². The van der Waals surface area contributed by atoms with Crippen molar-refractivity contribution in [2.45, 2.75) is 44.4 Å². The minimum atomic E-state index is -0.709. The van der Waals surface area contributed by atoms with E-state index in [1.807, 2.05) is 39.0 Å². The Morgan fingerprint density at radius 1 is 1.15 bits per heavy atom. The van der Waals surface area contributed by atoms with Crippen LogP contribution in [0.15, 0.2) is 47.5 Å². The molecule has 138 valence electrons. The van der Waals surface area contributed by atoms with E-state index < -0.39 is 5.54 Å². The van der Waals surface area contributed by atoms with E-state index in [2.05, 4.69) is 18.0 Å². The number of hydrogen-bond donors (Lipinski definition) is 1. The molecule has 1 heterocycles. The molecule has 0 spiro atoms. The summed E-state index contributed by atoms with van der Waals surface area (Å²) in [4.78, 5) is 4.65. The molecule has 3 rings (SSSR count).